The Hall–Kier alpha value is -5.99. The molecule has 352 valence electrons. The highest BCUT2D eigenvalue weighted by Gasteiger charge is 2.44. The Labute approximate surface area is 390 Å². The lowest BCUT2D eigenvalue weighted by molar-refractivity contribution is -0.126. The highest BCUT2D eigenvalue weighted by Crippen LogP contribution is 2.35. The summed E-state index contributed by atoms with van der Waals surface area (Å²) in [5.74, 6) is 3.61. The molecule has 2 saturated heterocycles. The molecule has 2 unspecified atom stereocenters. The number of amides is 4. The molecule has 2 fully saturated rings. The number of hydrogen-bond acceptors (Lipinski definition) is 15. The van der Waals surface area contributed by atoms with Crippen LogP contribution in [-0.2, 0) is 28.6 Å². The van der Waals surface area contributed by atoms with Crippen LogP contribution in [0.15, 0.2) is 71.8 Å². The van der Waals surface area contributed by atoms with Gasteiger partial charge in [-0.2, -0.15) is 4.98 Å². The van der Waals surface area contributed by atoms with E-state index in [-0.39, 0.29) is 34.7 Å². The summed E-state index contributed by atoms with van der Waals surface area (Å²) in [5.41, 5.74) is 3.06. The van der Waals surface area contributed by atoms with Gasteiger partial charge in [-0.25, -0.2) is 4.98 Å². The molecule has 20 heteroatoms. The van der Waals surface area contributed by atoms with Gasteiger partial charge in [-0.3, -0.25) is 33.2 Å². The maximum Gasteiger partial charge on any atom is 0.264 e. The number of rotatable bonds is 21. The molecular weight excluding hydrogens is 888 g/mol. The fourth-order valence-electron chi connectivity index (χ4n) is 7.85. The van der Waals surface area contributed by atoms with Crippen LogP contribution >= 0.6 is 11.6 Å². The zero-order valence-corrected chi connectivity index (χ0v) is 39.0. The third kappa shape index (κ3) is 11.3. The van der Waals surface area contributed by atoms with Crippen molar-refractivity contribution in [3.05, 3.63) is 83.0 Å². The molecule has 1 aromatic heterocycles. The van der Waals surface area contributed by atoms with Gasteiger partial charge in [0.15, 0.2) is 5.82 Å². The van der Waals surface area contributed by atoms with E-state index >= 15 is 0 Å². The number of carbonyl (C=O) groups excluding carboxylic acids is 4. The van der Waals surface area contributed by atoms with E-state index in [1.165, 1.54) is 6.20 Å². The molecule has 4 heterocycles. The molecule has 2 atom stereocenters. The van der Waals surface area contributed by atoms with Crippen LogP contribution in [0.2, 0.25) is 5.02 Å². The number of imide groups is 1. The predicted molar refractivity (Wildman–Crippen MR) is 256 cm³/mol. The molecule has 0 radical (unpaired) electrons. The normalized spacial score (nSPS) is 17.3. The second-order valence-corrected chi connectivity index (χ2v) is 19.5. The van der Waals surface area contributed by atoms with Crippen LogP contribution < -0.4 is 36.2 Å². The van der Waals surface area contributed by atoms with Crippen LogP contribution in [0.25, 0.3) is 0 Å². The first-order chi connectivity index (χ1) is 31.8. The number of anilines is 6. The lowest BCUT2D eigenvalue weighted by Crippen LogP contribution is -2.52. The van der Waals surface area contributed by atoms with Crippen molar-refractivity contribution >= 4 is 85.1 Å². The van der Waals surface area contributed by atoms with Gasteiger partial charge in [-0.1, -0.05) is 43.6 Å². The predicted octanol–water partition coefficient (Wildman–Crippen LogP) is 4.37. The van der Waals surface area contributed by atoms with Gasteiger partial charge in [0.25, 0.3) is 11.8 Å². The van der Waals surface area contributed by atoms with E-state index in [1.807, 2.05) is 50.2 Å². The molecule has 18 nitrogen and oxygen atoms in total. The standard InChI is InChI=1S/C46H57ClN10O8S/c1-30(2)66(4,62)39-13-6-5-10-35(39)52-42-33(47)28-51-46(54-42)53-34-15-14-31(27-38(34)63-3)56-20-18-55(19-21-56)22-24-65-26-25-64-23-17-48-40(58)29-50-36-11-7-9-32-41(36)45(61)57(44(32)60)37-12-8-16-49-43(37)59/h5-7,9-11,13-15,27-28,30,37,50H,4,8,12,16-26,29H2,1-3H3,(H,48,58)(H,49,59)(H2,51,52,53,54). The quantitative estimate of drug-likeness (QED) is 0.0447. The van der Waals surface area contributed by atoms with Gasteiger partial charge in [0, 0.05) is 78.0 Å². The second kappa shape index (κ2) is 22.0. The molecule has 0 saturated carbocycles. The number of methoxy groups -OCH3 is 1. The molecule has 0 bridgehead atoms. The molecule has 3 aliphatic heterocycles. The second-order valence-electron chi connectivity index (χ2n) is 16.2. The molecule has 4 aromatic rings. The maximum atomic E-state index is 13.4. The number of ether oxygens (including phenoxy) is 3. The number of halogens is 1. The first-order valence-electron chi connectivity index (χ1n) is 22.0. The Morgan fingerprint density at radius 3 is 2.45 bits per heavy atom. The molecule has 66 heavy (non-hydrogen) atoms. The zero-order valence-electron chi connectivity index (χ0n) is 37.4. The summed E-state index contributed by atoms with van der Waals surface area (Å²) in [4.78, 5) is 66.6. The van der Waals surface area contributed by atoms with Crippen LogP contribution in [0, 0.1) is 0 Å². The van der Waals surface area contributed by atoms with Crippen molar-refractivity contribution in [2.45, 2.75) is 42.9 Å². The summed E-state index contributed by atoms with van der Waals surface area (Å²) in [6.45, 7) is 10.3. The summed E-state index contributed by atoms with van der Waals surface area (Å²) in [6.07, 6.45) is 2.59. The number of nitrogens with zero attached hydrogens (tertiary/aromatic N) is 5. The SMILES string of the molecule is C=S(=O)(c1ccccc1Nc1nc(Nc2ccc(N3CCN(CCOCCOCCNC(=O)CNc4cccc5c4C(=O)N(C4CCCNC4=O)C5=O)CC3)cc2OC)ncc1Cl)C(C)C. The highest BCUT2D eigenvalue weighted by atomic mass is 35.5. The van der Waals surface area contributed by atoms with Gasteiger partial charge in [0.2, 0.25) is 17.8 Å². The number of aromatic nitrogens is 2. The first kappa shape index (κ1) is 48.0. The number of para-hydroxylation sites is 1. The fraction of sp³-hybridized carbons (Fsp3) is 0.413. The Bertz CT molecular complexity index is 2520. The van der Waals surface area contributed by atoms with E-state index in [9.17, 15) is 23.4 Å². The van der Waals surface area contributed by atoms with Crippen LogP contribution in [0.3, 0.4) is 0 Å². The largest absolute Gasteiger partial charge is 0.494 e. The number of benzene rings is 3. The maximum absolute atomic E-state index is 13.4. The van der Waals surface area contributed by atoms with Crippen molar-refractivity contribution in [3.63, 3.8) is 0 Å². The van der Waals surface area contributed by atoms with Crippen LogP contribution in [-0.4, -0.2) is 151 Å². The topological polar surface area (TPSA) is 209 Å². The Kier molecular flexibility index (Phi) is 16.0. The number of nitrogens with one attached hydrogen (secondary N) is 5. The van der Waals surface area contributed by atoms with Crippen molar-refractivity contribution in [2.24, 2.45) is 0 Å². The van der Waals surface area contributed by atoms with Gasteiger partial charge in [-0.05, 0) is 55.1 Å². The molecule has 3 aromatic carbocycles. The van der Waals surface area contributed by atoms with Crippen molar-refractivity contribution in [1.29, 1.82) is 0 Å². The fourth-order valence-corrected chi connectivity index (χ4v) is 9.30. The summed E-state index contributed by atoms with van der Waals surface area (Å²) in [7, 11) is -0.957. The third-order valence-corrected chi connectivity index (χ3v) is 14.5. The average Bonchev–Trinajstić information content (AvgIpc) is 3.57. The molecule has 5 N–H and O–H groups in total. The number of piperazine rings is 1. The highest BCUT2D eigenvalue weighted by molar-refractivity contribution is 8.01. The molecular formula is C46H57ClN10O8S. The van der Waals surface area contributed by atoms with E-state index in [1.54, 1.807) is 31.4 Å². The third-order valence-electron chi connectivity index (χ3n) is 11.6. The minimum Gasteiger partial charge on any atom is -0.494 e. The lowest BCUT2D eigenvalue weighted by Gasteiger charge is -2.36. The van der Waals surface area contributed by atoms with E-state index in [2.05, 4.69) is 52.2 Å². The summed E-state index contributed by atoms with van der Waals surface area (Å²) in [6, 6.07) is 17.2. The van der Waals surface area contributed by atoms with Gasteiger partial charge >= 0.3 is 0 Å². The van der Waals surface area contributed by atoms with Gasteiger partial charge in [0.1, 0.15) is 16.8 Å². The molecule has 4 amide bonds. The van der Waals surface area contributed by atoms with E-state index in [0.29, 0.717) is 96.9 Å². The van der Waals surface area contributed by atoms with Crippen molar-refractivity contribution < 1.29 is 37.6 Å². The Morgan fingerprint density at radius 1 is 0.939 bits per heavy atom. The van der Waals surface area contributed by atoms with E-state index in [0.717, 1.165) is 43.3 Å². The minimum atomic E-state index is -2.57. The van der Waals surface area contributed by atoms with Crippen LogP contribution in [0.1, 0.15) is 47.4 Å². The van der Waals surface area contributed by atoms with Gasteiger partial charge in [0.05, 0.1) is 73.7 Å². The molecule has 0 aliphatic carbocycles. The zero-order chi connectivity index (χ0) is 46.8. The van der Waals surface area contributed by atoms with Crippen LogP contribution in [0.4, 0.5) is 34.5 Å². The van der Waals surface area contributed by atoms with Crippen LogP contribution in [0.5, 0.6) is 5.75 Å². The van der Waals surface area contributed by atoms with Crippen molar-refractivity contribution in [3.8, 4) is 5.75 Å². The summed E-state index contributed by atoms with van der Waals surface area (Å²) in [5, 5.41) is 15.1. The Morgan fingerprint density at radius 2 is 1.70 bits per heavy atom. The van der Waals surface area contributed by atoms with Crippen molar-refractivity contribution in [1.82, 2.24) is 30.4 Å². The first-order valence-corrected chi connectivity index (χ1v) is 24.1. The van der Waals surface area contributed by atoms with Gasteiger partial charge in [-0.15, -0.1) is 0 Å². The number of hydrogen-bond donors (Lipinski definition) is 5. The van der Waals surface area contributed by atoms with Gasteiger partial charge < -0.3 is 45.7 Å². The smallest absolute Gasteiger partial charge is 0.264 e. The molecule has 0 spiro atoms. The monoisotopic (exact) mass is 944 g/mol. The average molecular weight is 946 g/mol. The van der Waals surface area contributed by atoms with E-state index in [4.69, 9.17) is 25.8 Å². The minimum absolute atomic E-state index is 0.113. The van der Waals surface area contributed by atoms with Crippen molar-refractivity contribution in [2.75, 3.05) is 107 Å². The number of fused-ring (bicyclic) bond motifs is 1. The molecule has 7 rings (SSSR count). The van der Waals surface area contributed by atoms with E-state index < -0.39 is 27.4 Å². The number of carbonyl (C=O) groups is 4. The summed E-state index contributed by atoms with van der Waals surface area (Å²) >= 11 is 6.50. The lowest BCUT2D eigenvalue weighted by atomic mass is 10.1. The summed E-state index contributed by atoms with van der Waals surface area (Å²) < 4.78 is 30.7. The Balaban J connectivity index is 0.775. The number of piperidine rings is 1. The molecule has 3 aliphatic rings.